The molecule has 1 aliphatic carbocycles. The summed E-state index contributed by atoms with van der Waals surface area (Å²) in [6.07, 6.45) is 0.357. The van der Waals surface area contributed by atoms with Crippen molar-refractivity contribution in [1.82, 2.24) is 0 Å². The Bertz CT molecular complexity index is 748. The number of rotatable bonds is 4. The molecule has 1 fully saturated rings. The third-order valence-corrected chi connectivity index (χ3v) is 5.50. The van der Waals surface area contributed by atoms with E-state index >= 15 is 0 Å². The lowest BCUT2D eigenvalue weighted by molar-refractivity contribution is 0.0135. The second kappa shape index (κ2) is 5.02. The normalized spacial score (nSPS) is 31.9. The summed E-state index contributed by atoms with van der Waals surface area (Å²) in [6, 6.07) is 17.4. The first kappa shape index (κ1) is 14.6. The minimum Gasteiger partial charge on any atom is -0.387 e. The van der Waals surface area contributed by atoms with Crippen molar-refractivity contribution < 1.29 is 14.6 Å². The van der Waals surface area contributed by atoms with Crippen molar-refractivity contribution >= 4 is 5.78 Å². The van der Waals surface area contributed by atoms with Crippen LogP contribution >= 0.6 is 0 Å². The number of aliphatic hydroxyl groups is 1. The van der Waals surface area contributed by atoms with Gasteiger partial charge in [-0.25, -0.2) is 0 Å². The summed E-state index contributed by atoms with van der Waals surface area (Å²) in [5.41, 5.74) is 1.27. The van der Waals surface area contributed by atoms with Crippen LogP contribution in [0, 0.1) is 5.41 Å². The highest BCUT2D eigenvalue weighted by Gasteiger charge is 2.59. The lowest BCUT2D eigenvalue weighted by Gasteiger charge is -2.33. The molecule has 3 heteroatoms. The summed E-state index contributed by atoms with van der Waals surface area (Å²) >= 11 is 0. The van der Waals surface area contributed by atoms with Crippen molar-refractivity contribution in [1.29, 1.82) is 0 Å². The fourth-order valence-electron chi connectivity index (χ4n) is 4.00. The highest BCUT2D eigenvalue weighted by atomic mass is 16.6. The van der Waals surface area contributed by atoms with Crippen LogP contribution in [-0.2, 0) is 10.3 Å². The summed E-state index contributed by atoms with van der Waals surface area (Å²) < 4.78 is 5.80. The molecule has 2 aliphatic rings. The number of fused-ring (bicyclic) bond motifs is 1. The van der Waals surface area contributed by atoms with Crippen LogP contribution in [0.1, 0.15) is 47.4 Å². The van der Waals surface area contributed by atoms with Crippen LogP contribution in [-0.4, -0.2) is 17.5 Å². The largest absolute Gasteiger partial charge is 0.387 e. The highest BCUT2D eigenvalue weighted by Crippen LogP contribution is 2.57. The van der Waals surface area contributed by atoms with Gasteiger partial charge < -0.3 is 9.84 Å². The molecule has 0 aromatic heterocycles. The van der Waals surface area contributed by atoms with Crippen LogP contribution in [0.5, 0.6) is 0 Å². The molecule has 0 radical (unpaired) electrons. The average molecular weight is 308 g/mol. The number of hydrogen-bond acceptors (Lipinski definition) is 3. The van der Waals surface area contributed by atoms with E-state index in [-0.39, 0.29) is 5.78 Å². The number of Topliss-reactive ketones (excluding diaryl/α,β-unsaturated/α-hetero) is 1. The summed E-state index contributed by atoms with van der Waals surface area (Å²) in [5, 5.41) is 10.9. The predicted molar refractivity (Wildman–Crippen MR) is 87.1 cm³/mol. The number of carbonyl (C=O) groups is 1. The third-order valence-electron chi connectivity index (χ3n) is 5.50. The van der Waals surface area contributed by atoms with E-state index in [1.165, 1.54) is 0 Å². The van der Waals surface area contributed by atoms with Gasteiger partial charge in [0.1, 0.15) is 5.60 Å². The van der Waals surface area contributed by atoms with Gasteiger partial charge in [-0.1, -0.05) is 61.5 Å². The Balaban J connectivity index is 1.74. The zero-order valence-electron chi connectivity index (χ0n) is 13.2. The molecule has 1 saturated heterocycles. The number of hydrogen-bond donors (Lipinski definition) is 1. The van der Waals surface area contributed by atoms with E-state index in [0.717, 1.165) is 11.1 Å². The van der Waals surface area contributed by atoms with Gasteiger partial charge in [-0.15, -0.1) is 0 Å². The van der Waals surface area contributed by atoms with E-state index in [2.05, 4.69) is 0 Å². The van der Waals surface area contributed by atoms with Gasteiger partial charge in [-0.2, -0.15) is 0 Å². The number of carbonyl (C=O) groups excluding carboxylic acids is 1. The van der Waals surface area contributed by atoms with Crippen LogP contribution in [0.4, 0.5) is 0 Å². The first-order valence-electron chi connectivity index (χ1n) is 8.14. The van der Waals surface area contributed by atoms with Gasteiger partial charge >= 0.3 is 0 Å². The standard InChI is InChI=1S/C20H20O3/c1-2-19(12-20(13-23-20)14-8-4-3-5-9-14)17(21)15-10-6-7-11-16(15)18(19)22/h3-11,17,21H,2,12-13H2,1H3. The van der Waals surface area contributed by atoms with Crippen molar-refractivity contribution in [2.45, 2.75) is 31.5 Å². The van der Waals surface area contributed by atoms with E-state index < -0.39 is 17.1 Å². The van der Waals surface area contributed by atoms with Crippen LogP contribution < -0.4 is 0 Å². The van der Waals surface area contributed by atoms with Crippen molar-refractivity contribution in [3.05, 3.63) is 71.3 Å². The molecule has 3 atom stereocenters. The zero-order chi connectivity index (χ0) is 16.1. The van der Waals surface area contributed by atoms with Gasteiger partial charge in [0.25, 0.3) is 0 Å². The van der Waals surface area contributed by atoms with Gasteiger partial charge in [0.15, 0.2) is 5.78 Å². The smallest absolute Gasteiger partial charge is 0.172 e. The minimum atomic E-state index is -0.796. The number of ether oxygens (including phenoxy) is 1. The molecular formula is C20H20O3. The Morgan fingerprint density at radius 1 is 1.13 bits per heavy atom. The fourth-order valence-corrected chi connectivity index (χ4v) is 4.00. The van der Waals surface area contributed by atoms with Crippen molar-refractivity contribution in [3.8, 4) is 0 Å². The Morgan fingerprint density at radius 2 is 1.78 bits per heavy atom. The number of ketones is 1. The number of epoxide rings is 1. The van der Waals surface area contributed by atoms with E-state index in [9.17, 15) is 9.90 Å². The fraction of sp³-hybridized carbons (Fsp3) is 0.350. The lowest BCUT2D eigenvalue weighted by Crippen LogP contribution is -2.35. The van der Waals surface area contributed by atoms with Crippen LogP contribution in [0.3, 0.4) is 0 Å². The molecule has 1 aliphatic heterocycles. The van der Waals surface area contributed by atoms with Gasteiger partial charge in [0.2, 0.25) is 0 Å². The second-order valence-corrected chi connectivity index (χ2v) is 6.65. The molecular weight excluding hydrogens is 288 g/mol. The maximum atomic E-state index is 13.1. The summed E-state index contributed by atoms with van der Waals surface area (Å²) in [4.78, 5) is 13.1. The molecule has 118 valence electrons. The highest BCUT2D eigenvalue weighted by molar-refractivity contribution is 6.05. The number of benzene rings is 2. The Hall–Kier alpha value is -1.97. The molecule has 1 heterocycles. The molecule has 4 rings (SSSR count). The zero-order valence-corrected chi connectivity index (χ0v) is 13.2. The maximum absolute atomic E-state index is 13.1. The Labute approximate surface area is 135 Å². The maximum Gasteiger partial charge on any atom is 0.172 e. The van der Waals surface area contributed by atoms with Crippen LogP contribution in [0.15, 0.2) is 54.6 Å². The first-order chi connectivity index (χ1) is 11.1. The molecule has 1 N–H and O–H groups in total. The predicted octanol–water partition coefficient (Wildman–Crippen LogP) is 3.63. The lowest BCUT2D eigenvalue weighted by atomic mass is 9.71. The van der Waals surface area contributed by atoms with Gasteiger partial charge in [0.05, 0.1) is 18.1 Å². The minimum absolute atomic E-state index is 0.0499. The molecule has 2 aromatic carbocycles. The van der Waals surface area contributed by atoms with Crippen molar-refractivity contribution in [2.75, 3.05) is 6.61 Å². The van der Waals surface area contributed by atoms with Gasteiger partial charge in [-0.05, 0) is 24.0 Å². The van der Waals surface area contributed by atoms with Gasteiger partial charge in [0, 0.05) is 5.56 Å². The Kier molecular flexibility index (Phi) is 3.19. The SMILES string of the molecule is CCC1(CC2(c3ccccc3)CO2)C(=O)c2ccccc2C1O. The molecule has 0 spiro atoms. The molecule has 2 aromatic rings. The van der Waals surface area contributed by atoms with E-state index in [1.807, 2.05) is 61.5 Å². The second-order valence-electron chi connectivity index (χ2n) is 6.65. The summed E-state index contributed by atoms with van der Waals surface area (Å²) in [6.45, 7) is 2.59. The third kappa shape index (κ3) is 2.00. The Morgan fingerprint density at radius 3 is 2.39 bits per heavy atom. The van der Waals surface area contributed by atoms with Crippen LogP contribution in [0.25, 0.3) is 0 Å². The quantitative estimate of drug-likeness (QED) is 0.878. The first-order valence-corrected chi connectivity index (χ1v) is 8.14. The molecule has 3 unspecified atom stereocenters. The number of aliphatic hydroxyl groups excluding tert-OH is 1. The topological polar surface area (TPSA) is 49.8 Å². The summed E-state index contributed by atoms with van der Waals surface area (Å²) in [5.74, 6) is 0.0499. The van der Waals surface area contributed by atoms with Crippen molar-refractivity contribution in [2.24, 2.45) is 5.41 Å². The van der Waals surface area contributed by atoms with E-state index in [4.69, 9.17) is 4.74 Å². The average Bonchev–Trinajstić information content (AvgIpc) is 3.36. The molecule has 0 bridgehead atoms. The molecule has 3 nitrogen and oxygen atoms in total. The van der Waals surface area contributed by atoms with Crippen molar-refractivity contribution in [3.63, 3.8) is 0 Å². The van der Waals surface area contributed by atoms with E-state index in [0.29, 0.717) is 25.0 Å². The molecule has 0 saturated carbocycles. The molecule has 0 amide bonds. The van der Waals surface area contributed by atoms with Gasteiger partial charge in [-0.3, -0.25) is 4.79 Å². The van der Waals surface area contributed by atoms with Crippen LogP contribution in [0.2, 0.25) is 0 Å². The summed E-state index contributed by atoms with van der Waals surface area (Å²) in [7, 11) is 0. The molecule has 23 heavy (non-hydrogen) atoms. The monoisotopic (exact) mass is 308 g/mol. The van der Waals surface area contributed by atoms with E-state index in [1.54, 1.807) is 0 Å².